The highest BCUT2D eigenvalue weighted by Gasteiger charge is 2.39. The van der Waals surface area contributed by atoms with E-state index in [1.54, 1.807) is 37.5 Å². The summed E-state index contributed by atoms with van der Waals surface area (Å²) < 4.78 is 41.3. The minimum Gasteiger partial charge on any atom is -0.491 e. The van der Waals surface area contributed by atoms with Crippen LogP contribution in [0.3, 0.4) is 0 Å². The SMILES string of the molecule is CNC(=O)COc1cc2cc(Nc3nc(N4CCC(OCCOCCOCCOCCOCCOc5ccc6c(c5)CN(C5CCC(=O)NC5=O)C6=O)CC4)ncc3Cl)ccc2n(C)c1=O. The zero-order valence-corrected chi connectivity index (χ0v) is 37.8. The van der Waals surface area contributed by atoms with E-state index < -0.39 is 11.9 Å². The van der Waals surface area contributed by atoms with Crippen LogP contribution in [-0.2, 0) is 51.7 Å². The number of carbonyl (C=O) groups excluding carboxylic acids is 4. The molecular weight excluding hydrogens is 880 g/mol. The summed E-state index contributed by atoms with van der Waals surface area (Å²) in [5.41, 5.74) is 2.35. The monoisotopic (exact) mass is 934 g/mol. The second-order valence-corrected chi connectivity index (χ2v) is 16.1. The van der Waals surface area contributed by atoms with Crippen molar-refractivity contribution in [2.45, 2.75) is 44.4 Å². The molecule has 354 valence electrons. The number of imide groups is 1. The molecule has 3 aliphatic rings. The van der Waals surface area contributed by atoms with Gasteiger partial charge in [0.1, 0.15) is 23.4 Å². The standard InChI is InChI=1S/C45H55ClN8O12/c1-47-40(56)28-66-38-25-29-23-31(3-6-36(29)52(2)44(38)59)49-41-35(46)26-48-45(51-41)53-11-9-32(10-12-53)64-21-19-62-17-15-60-13-14-61-16-18-63-20-22-65-33-4-5-34-30(24-33)27-54(43(34)58)37-7-8-39(55)50-42(37)57/h3-6,23-26,32,37H,7-22,27-28H2,1-2H3,(H,47,56)(H,48,49,51)(H,50,55,57). The Morgan fingerprint density at radius 3 is 2.24 bits per heavy atom. The van der Waals surface area contributed by atoms with Crippen LogP contribution in [0, 0.1) is 0 Å². The normalized spacial score (nSPS) is 16.4. The van der Waals surface area contributed by atoms with Gasteiger partial charge in [0.25, 0.3) is 17.4 Å². The van der Waals surface area contributed by atoms with Crippen LogP contribution in [-0.4, -0.2) is 148 Å². The average Bonchev–Trinajstić information content (AvgIpc) is 3.64. The molecule has 4 amide bonds. The van der Waals surface area contributed by atoms with E-state index in [0.29, 0.717) is 131 Å². The van der Waals surface area contributed by atoms with Crippen molar-refractivity contribution in [3.05, 3.63) is 75.2 Å². The Bertz CT molecular complexity index is 2410. The Balaban J connectivity index is 0.695. The molecule has 1 unspecified atom stereocenters. The summed E-state index contributed by atoms with van der Waals surface area (Å²) in [5.74, 6) is 0.353. The van der Waals surface area contributed by atoms with Crippen LogP contribution in [0.2, 0.25) is 5.02 Å². The van der Waals surface area contributed by atoms with Crippen LogP contribution in [0.25, 0.3) is 10.9 Å². The first-order valence-electron chi connectivity index (χ1n) is 21.9. The number of likely N-dealkylation sites (N-methyl/N-ethyl adjacent to an activating group) is 1. The predicted octanol–water partition coefficient (Wildman–Crippen LogP) is 2.74. The summed E-state index contributed by atoms with van der Waals surface area (Å²) in [4.78, 5) is 73.9. The first kappa shape index (κ1) is 48.0. The summed E-state index contributed by atoms with van der Waals surface area (Å²) in [7, 11) is 3.15. The topological polar surface area (TPSA) is 223 Å². The first-order chi connectivity index (χ1) is 32.1. The van der Waals surface area contributed by atoms with Gasteiger partial charge < -0.3 is 58.2 Å². The van der Waals surface area contributed by atoms with Crippen LogP contribution in [0.1, 0.15) is 41.6 Å². The third-order valence-corrected chi connectivity index (χ3v) is 11.5. The number of fused-ring (bicyclic) bond motifs is 2. The van der Waals surface area contributed by atoms with E-state index in [0.717, 1.165) is 23.8 Å². The van der Waals surface area contributed by atoms with Gasteiger partial charge in [-0.1, -0.05) is 11.6 Å². The second-order valence-electron chi connectivity index (χ2n) is 15.7. The van der Waals surface area contributed by atoms with Crippen molar-refractivity contribution in [2.75, 3.05) is 103 Å². The molecule has 66 heavy (non-hydrogen) atoms. The number of piperidine rings is 2. The number of ether oxygens (including phenoxy) is 7. The van der Waals surface area contributed by atoms with E-state index in [1.165, 1.54) is 16.5 Å². The minimum atomic E-state index is -0.653. The molecule has 20 nitrogen and oxygen atoms in total. The number of rotatable bonds is 24. The lowest BCUT2D eigenvalue weighted by Crippen LogP contribution is -2.52. The summed E-state index contributed by atoms with van der Waals surface area (Å²) in [6.45, 7) is 5.64. The van der Waals surface area contributed by atoms with Gasteiger partial charge in [-0.15, -0.1) is 0 Å². The van der Waals surface area contributed by atoms with Gasteiger partial charge in [-0.2, -0.15) is 4.98 Å². The van der Waals surface area contributed by atoms with E-state index in [-0.39, 0.29) is 48.2 Å². The van der Waals surface area contributed by atoms with E-state index in [1.807, 2.05) is 18.2 Å². The van der Waals surface area contributed by atoms with Crippen molar-refractivity contribution in [2.24, 2.45) is 7.05 Å². The van der Waals surface area contributed by atoms with Gasteiger partial charge in [0.05, 0.1) is 77.3 Å². The zero-order chi connectivity index (χ0) is 46.4. The number of nitrogens with zero attached hydrogens (tertiary/aromatic N) is 5. The van der Waals surface area contributed by atoms with Crippen molar-refractivity contribution in [1.29, 1.82) is 0 Å². The molecule has 0 spiro atoms. The number of anilines is 3. The van der Waals surface area contributed by atoms with Crippen molar-refractivity contribution in [3.63, 3.8) is 0 Å². The molecule has 21 heteroatoms. The molecule has 2 fully saturated rings. The third kappa shape index (κ3) is 12.7. The van der Waals surface area contributed by atoms with Gasteiger partial charge in [-0.3, -0.25) is 29.3 Å². The zero-order valence-electron chi connectivity index (χ0n) is 37.0. The molecule has 7 rings (SSSR count). The first-order valence-corrected chi connectivity index (χ1v) is 22.3. The minimum absolute atomic E-state index is 0.0683. The number of benzene rings is 2. The molecule has 0 bridgehead atoms. The predicted molar refractivity (Wildman–Crippen MR) is 242 cm³/mol. The maximum atomic E-state index is 12.9. The van der Waals surface area contributed by atoms with Gasteiger partial charge in [0.2, 0.25) is 17.8 Å². The van der Waals surface area contributed by atoms with Crippen molar-refractivity contribution in [3.8, 4) is 11.5 Å². The van der Waals surface area contributed by atoms with Crippen molar-refractivity contribution < 1.29 is 52.3 Å². The van der Waals surface area contributed by atoms with E-state index in [2.05, 4.69) is 25.8 Å². The van der Waals surface area contributed by atoms with Crippen LogP contribution in [0.15, 0.2) is 53.5 Å². The second kappa shape index (κ2) is 23.5. The molecule has 3 aliphatic heterocycles. The third-order valence-electron chi connectivity index (χ3n) is 11.2. The molecule has 3 N–H and O–H groups in total. The molecule has 4 aromatic rings. The molecule has 2 saturated heterocycles. The maximum absolute atomic E-state index is 12.9. The molecule has 0 radical (unpaired) electrons. The van der Waals surface area contributed by atoms with Crippen LogP contribution in [0.4, 0.5) is 17.5 Å². The summed E-state index contributed by atoms with van der Waals surface area (Å²) in [6.07, 6.45) is 3.81. The fraction of sp³-hybridized carbons (Fsp3) is 0.489. The highest BCUT2D eigenvalue weighted by atomic mass is 35.5. The fourth-order valence-corrected chi connectivity index (χ4v) is 7.84. The van der Waals surface area contributed by atoms with Crippen molar-refractivity contribution >= 4 is 63.6 Å². The number of nitrogens with one attached hydrogen (secondary N) is 3. The van der Waals surface area contributed by atoms with Crippen LogP contribution in [0.5, 0.6) is 11.5 Å². The highest BCUT2D eigenvalue weighted by molar-refractivity contribution is 6.33. The average molecular weight is 935 g/mol. The number of aryl methyl sites for hydroxylation is 1. The van der Waals surface area contributed by atoms with Gasteiger partial charge in [0, 0.05) is 56.8 Å². The number of carbonyl (C=O) groups is 4. The quantitative estimate of drug-likeness (QED) is 0.0679. The molecular formula is C45H55ClN8O12. The molecule has 0 aliphatic carbocycles. The van der Waals surface area contributed by atoms with Gasteiger partial charge in [0.15, 0.2) is 18.2 Å². The lowest BCUT2D eigenvalue weighted by Gasteiger charge is -2.32. The molecule has 1 atom stereocenters. The molecule has 2 aromatic carbocycles. The Kier molecular flexibility index (Phi) is 17.1. The number of pyridine rings is 1. The van der Waals surface area contributed by atoms with E-state index in [9.17, 15) is 24.0 Å². The Labute approximate surface area is 386 Å². The fourth-order valence-electron chi connectivity index (χ4n) is 7.70. The number of amides is 4. The summed E-state index contributed by atoms with van der Waals surface area (Å²) >= 11 is 6.50. The van der Waals surface area contributed by atoms with Crippen LogP contribution >= 0.6 is 11.6 Å². The van der Waals surface area contributed by atoms with E-state index in [4.69, 9.17) is 49.7 Å². The highest BCUT2D eigenvalue weighted by Crippen LogP contribution is 2.31. The number of aromatic nitrogens is 3. The Morgan fingerprint density at radius 1 is 0.848 bits per heavy atom. The molecule has 2 aromatic heterocycles. The largest absolute Gasteiger partial charge is 0.491 e. The van der Waals surface area contributed by atoms with Crippen LogP contribution < -0.4 is 35.9 Å². The Morgan fingerprint density at radius 2 is 1.55 bits per heavy atom. The maximum Gasteiger partial charge on any atom is 0.293 e. The number of hydrogen-bond acceptors (Lipinski definition) is 16. The van der Waals surface area contributed by atoms with Gasteiger partial charge >= 0.3 is 0 Å². The van der Waals surface area contributed by atoms with Crippen molar-refractivity contribution in [1.82, 2.24) is 30.1 Å². The van der Waals surface area contributed by atoms with E-state index >= 15 is 0 Å². The van der Waals surface area contributed by atoms with Gasteiger partial charge in [-0.05, 0) is 67.3 Å². The number of hydrogen-bond donors (Lipinski definition) is 3. The molecule has 5 heterocycles. The lowest BCUT2D eigenvalue weighted by molar-refractivity contribution is -0.137. The lowest BCUT2D eigenvalue weighted by atomic mass is 10.0. The molecule has 0 saturated carbocycles. The Hall–Kier alpha value is -5.90. The number of halogens is 1. The summed E-state index contributed by atoms with van der Waals surface area (Å²) in [5, 5.41) is 9.13. The smallest absolute Gasteiger partial charge is 0.293 e. The van der Waals surface area contributed by atoms with Gasteiger partial charge in [-0.25, -0.2) is 4.98 Å². The summed E-state index contributed by atoms with van der Waals surface area (Å²) in [6, 6.07) is 11.7.